The number of nitrogens with zero attached hydrogens (tertiary/aromatic N) is 2. The van der Waals surface area contributed by atoms with Crippen molar-refractivity contribution in [1.82, 2.24) is 15.1 Å². The molecule has 0 unspecified atom stereocenters. The monoisotopic (exact) mass is 343 g/mol. The number of aromatic carboxylic acids is 1. The molecule has 6 heteroatoms. The molecule has 1 aromatic heterocycles. The molecule has 6 nitrogen and oxygen atoms in total. The molecule has 1 aromatic carbocycles. The molecular weight excluding hydrogens is 318 g/mol. The summed E-state index contributed by atoms with van der Waals surface area (Å²) < 4.78 is 1.96. The average molecular weight is 343 g/mol. The minimum absolute atomic E-state index is 0.101. The molecule has 0 aliphatic carbocycles. The molecule has 1 amide bonds. The maximum atomic E-state index is 12.3. The molecule has 0 saturated heterocycles. The van der Waals surface area contributed by atoms with Gasteiger partial charge in [0.1, 0.15) is 0 Å². The van der Waals surface area contributed by atoms with E-state index in [2.05, 4.69) is 24.3 Å². The Kier molecular flexibility index (Phi) is 5.96. The molecule has 0 bridgehead atoms. The summed E-state index contributed by atoms with van der Waals surface area (Å²) in [6.45, 7) is 9.31. The summed E-state index contributed by atoms with van der Waals surface area (Å²) in [5.74, 6) is -0.589. The van der Waals surface area contributed by atoms with Crippen molar-refractivity contribution >= 4 is 11.9 Å². The van der Waals surface area contributed by atoms with Crippen LogP contribution < -0.4 is 5.32 Å². The van der Waals surface area contributed by atoms with E-state index >= 15 is 0 Å². The zero-order valence-corrected chi connectivity index (χ0v) is 15.2. The van der Waals surface area contributed by atoms with Gasteiger partial charge in [0.15, 0.2) is 0 Å². The van der Waals surface area contributed by atoms with E-state index in [1.807, 2.05) is 18.5 Å². The first-order valence-corrected chi connectivity index (χ1v) is 8.39. The molecule has 0 saturated carbocycles. The largest absolute Gasteiger partial charge is 0.478 e. The van der Waals surface area contributed by atoms with Gasteiger partial charge >= 0.3 is 5.97 Å². The first-order valence-electron chi connectivity index (χ1n) is 8.39. The lowest BCUT2D eigenvalue weighted by molar-refractivity contribution is -0.120. The Morgan fingerprint density at radius 3 is 2.64 bits per heavy atom. The van der Waals surface area contributed by atoms with Gasteiger partial charge in [0, 0.05) is 24.3 Å². The number of carboxylic acids is 1. The fourth-order valence-corrected chi connectivity index (χ4v) is 2.75. The maximum absolute atomic E-state index is 12.3. The third-order valence-electron chi connectivity index (χ3n) is 4.07. The van der Waals surface area contributed by atoms with Gasteiger partial charge < -0.3 is 10.4 Å². The number of carbonyl (C=O) groups is 2. The second kappa shape index (κ2) is 7.96. The third-order valence-corrected chi connectivity index (χ3v) is 4.07. The van der Waals surface area contributed by atoms with Crippen molar-refractivity contribution in [3.05, 3.63) is 52.3 Å². The van der Waals surface area contributed by atoms with Crippen LogP contribution in [0.15, 0.2) is 24.3 Å². The van der Waals surface area contributed by atoms with Gasteiger partial charge in [0.25, 0.3) is 0 Å². The Labute approximate surface area is 147 Å². The second-order valence-electron chi connectivity index (χ2n) is 6.68. The normalized spacial score (nSPS) is 10.9. The molecule has 25 heavy (non-hydrogen) atoms. The first kappa shape index (κ1) is 18.7. The molecule has 0 atom stereocenters. The third kappa shape index (κ3) is 4.92. The highest BCUT2D eigenvalue weighted by atomic mass is 16.4. The van der Waals surface area contributed by atoms with E-state index in [1.165, 1.54) is 6.07 Å². The molecule has 2 aromatic rings. The van der Waals surface area contributed by atoms with Gasteiger partial charge in [-0.3, -0.25) is 9.48 Å². The lowest BCUT2D eigenvalue weighted by Gasteiger charge is -2.09. The van der Waals surface area contributed by atoms with Gasteiger partial charge in [-0.15, -0.1) is 0 Å². The Balaban J connectivity index is 2.00. The second-order valence-corrected chi connectivity index (χ2v) is 6.68. The van der Waals surface area contributed by atoms with Crippen LogP contribution in [0.25, 0.3) is 0 Å². The van der Waals surface area contributed by atoms with Gasteiger partial charge in [0.05, 0.1) is 17.7 Å². The quantitative estimate of drug-likeness (QED) is 0.809. The van der Waals surface area contributed by atoms with Gasteiger partial charge in [-0.2, -0.15) is 5.10 Å². The molecule has 1 heterocycles. The topological polar surface area (TPSA) is 84.2 Å². The predicted molar refractivity (Wildman–Crippen MR) is 95.5 cm³/mol. The van der Waals surface area contributed by atoms with E-state index < -0.39 is 5.97 Å². The van der Waals surface area contributed by atoms with Crippen molar-refractivity contribution in [2.75, 3.05) is 0 Å². The van der Waals surface area contributed by atoms with E-state index in [0.717, 1.165) is 29.1 Å². The van der Waals surface area contributed by atoms with Crippen LogP contribution in [0.2, 0.25) is 0 Å². The summed E-state index contributed by atoms with van der Waals surface area (Å²) in [6, 6.07) is 6.57. The summed E-state index contributed by atoms with van der Waals surface area (Å²) in [6.07, 6.45) is 0.272. The fraction of sp³-hybridized carbons (Fsp3) is 0.421. The number of carbonyl (C=O) groups excluding carboxylic acids is 1. The van der Waals surface area contributed by atoms with Crippen molar-refractivity contribution < 1.29 is 14.7 Å². The molecule has 0 fully saturated rings. The standard InChI is InChI=1S/C19H25N3O3/c1-12(2)11-22-14(4)17(13(3)21-22)9-18(23)20-10-15-6-5-7-16(8-15)19(24)25/h5-8,12H,9-11H2,1-4H3,(H,20,23)(H,24,25). The van der Waals surface area contributed by atoms with Gasteiger partial charge in [-0.25, -0.2) is 4.79 Å². The van der Waals surface area contributed by atoms with Crippen LogP contribution in [0.4, 0.5) is 0 Å². The number of carboxylic acid groups (broad SMARTS) is 1. The van der Waals surface area contributed by atoms with Gasteiger partial charge in [-0.1, -0.05) is 26.0 Å². The lowest BCUT2D eigenvalue weighted by atomic mass is 10.1. The van der Waals surface area contributed by atoms with Crippen molar-refractivity contribution in [3.63, 3.8) is 0 Å². The van der Waals surface area contributed by atoms with Crippen LogP contribution >= 0.6 is 0 Å². The number of aryl methyl sites for hydroxylation is 1. The number of benzene rings is 1. The van der Waals surface area contributed by atoms with Crippen molar-refractivity contribution in [1.29, 1.82) is 0 Å². The highest BCUT2D eigenvalue weighted by molar-refractivity contribution is 5.87. The number of amides is 1. The zero-order chi connectivity index (χ0) is 18.6. The molecule has 0 spiro atoms. The smallest absolute Gasteiger partial charge is 0.335 e. The minimum Gasteiger partial charge on any atom is -0.478 e. The molecule has 134 valence electrons. The Morgan fingerprint density at radius 2 is 2.00 bits per heavy atom. The summed E-state index contributed by atoms with van der Waals surface area (Å²) >= 11 is 0. The molecular formula is C19H25N3O3. The minimum atomic E-state index is -0.975. The Hall–Kier alpha value is -2.63. The number of nitrogens with one attached hydrogen (secondary N) is 1. The number of hydrogen-bond donors (Lipinski definition) is 2. The number of hydrogen-bond acceptors (Lipinski definition) is 3. The van der Waals surface area contributed by atoms with E-state index in [-0.39, 0.29) is 17.9 Å². The molecule has 0 radical (unpaired) electrons. The van der Waals surface area contributed by atoms with Crippen LogP contribution in [-0.2, 0) is 24.3 Å². The van der Waals surface area contributed by atoms with Crippen LogP contribution in [-0.4, -0.2) is 26.8 Å². The maximum Gasteiger partial charge on any atom is 0.335 e. The highest BCUT2D eigenvalue weighted by Gasteiger charge is 2.15. The highest BCUT2D eigenvalue weighted by Crippen LogP contribution is 2.15. The van der Waals surface area contributed by atoms with Crippen LogP contribution in [0, 0.1) is 19.8 Å². The predicted octanol–water partition coefficient (Wildman–Crippen LogP) is 2.71. The fourth-order valence-electron chi connectivity index (χ4n) is 2.75. The number of aromatic nitrogens is 2. The van der Waals surface area contributed by atoms with E-state index in [9.17, 15) is 9.59 Å². The Bertz CT molecular complexity index is 778. The van der Waals surface area contributed by atoms with Crippen LogP contribution in [0.3, 0.4) is 0 Å². The van der Waals surface area contributed by atoms with Gasteiger partial charge in [0.2, 0.25) is 5.91 Å². The van der Waals surface area contributed by atoms with Crippen LogP contribution in [0.5, 0.6) is 0 Å². The van der Waals surface area contributed by atoms with Crippen molar-refractivity contribution in [2.24, 2.45) is 5.92 Å². The van der Waals surface area contributed by atoms with E-state index in [1.54, 1.807) is 18.2 Å². The lowest BCUT2D eigenvalue weighted by Crippen LogP contribution is -2.25. The van der Waals surface area contributed by atoms with Crippen molar-refractivity contribution in [3.8, 4) is 0 Å². The van der Waals surface area contributed by atoms with Gasteiger partial charge in [-0.05, 0) is 37.5 Å². The average Bonchev–Trinajstić information content (AvgIpc) is 2.80. The zero-order valence-electron chi connectivity index (χ0n) is 15.2. The number of rotatable bonds is 7. The molecule has 0 aliphatic rings. The molecule has 0 aliphatic heterocycles. The summed E-state index contributed by atoms with van der Waals surface area (Å²) in [5, 5.41) is 16.4. The molecule has 2 rings (SSSR count). The summed E-state index contributed by atoms with van der Waals surface area (Å²) in [5.41, 5.74) is 3.83. The summed E-state index contributed by atoms with van der Waals surface area (Å²) in [4.78, 5) is 23.3. The first-order chi connectivity index (χ1) is 11.8. The molecule has 2 N–H and O–H groups in total. The Morgan fingerprint density at radius 1 is 1.28 bits per heavy atom. The van der Waals surface area contributed by atoms with E-state index in [4.69, 9.17) is 5.11 Å². The van der Waals surface area contributed by atoms with Crippen LogP contribution in [0.1, 0.15) is 46.7 Å². The summed E-state index contributed by atoms with van der Waals surface area (Å²) in [7, 11) is 0. The van der Waals surface area contributed by atoms with Crippen molar-refractivity contribution in [2.45, 2.75) is 47.2 Å². The SMILES string of the molecule is Cc1nn(CC(C)C)c(C)c1CC(=O)NCc1cccc(C(=O)O)c1. The van der Waals surface area contributed by atoms with E-state index in [0.29, 0.717) is 12.5 Å².